The van der Waals surface area contributed by atoms with Crippen LogP contribution < -0.4 is 5.32 Å². The van der Waals surface area contributed by atoms with Gasteiger partial charge in [0.15, 0.2) is 0 Å². The quantitative estimate of drug-likeness (QED) is 0.615. The third-order valence-electron chi connectivity index (χ3n) is 4.67. The van der Waals surface area contributed by atoms with Gasteiger partial charge in [0.05, 0.1) is 10.6 Å². The summed E-state index contributed by atoms with van der Waals surface area (Å²) in [5, 5.41) is 10.3. The molecular weight excluding hydrogens is 410 g/mol. The van der Waals surface area contributed by atoms with Crippen molar-refractivity contribution in [2.45, 2.75) is 55.5 Å². The molecule has 2 heterocycles. The summed E-state index contributed by atoms with van der Waals surface area (Å²) in [5.74, 6) is 0.800. The number of H-pyrrole nitrogens is 1. The largest absolute Gasteiger partial charge is 0.325 e. The monoisotopic (exact) mass is 437 g/mol. The van der Waals surface area contributed by atoms with Gasteiger partial charge < -0.3 is 5.32 Å². The van der Waals surface area contributed by atoms with Crippen molar-refractivity contribution in [1.82, 2.24) is 19.5 Å². The number of anilines is 1. The topological polar surface area (TPSA) is 108 Å². The van der Waals surface area contributed by atoms with E-state index in [2.05, 4.69) is 27.4 Å². The number of thioether (sulfide) groups is 1. The maximum atomic E-state index is 12.8. The number of aryl methyl sites for hydroxylation is 1. The van der Waals surface area contributed by atoms with E-state index in [-0.39, 0.29) is 16.6 Å². The van der Waals surface area contributed by atoms with Crippen molar-refractivity contribution >= 4 is 33.4 Å². The zero-order chi connectivity index (χ0) is 20.7. The molecule has 1 aliphatic rings. The molecule has 2 N–H and O–H groups in total. The number of aromatic amines is 1. The second kappa shape index (κ2) is 10.2. The van der Waals surface area contributed by atoms with E-state index >= 15 is 0 Å². The summed E-state index contributed by atoms with van der Waals surface area (Å²) in [5.41, 5.74) is 0.562. The number of aromatic nitrogens is 3. The van der Waals surface area contributed by atoms with E-state index in [1.165, 1.54) is 11.8 Å². The van der Waals surface area contributed by atoms with Gasteiger partial charge in [-0.1, -0.05) is 31.5 Å². The number of nitrogens with zero attached hydrogens (tertiary/aromatic N) is 3. The predicted octanol–water partition coefficient (Wildman–Crippen LogP) is 3.05. The van der Waals surface area contributed by atoms with Gasteiger partial charge in [-0.3, -0.25) is 9.89 Å². The number of carbonyl (C=O) groups is 1. The molecule has 0 atom stereocenters. The van der Waals surface area contributed by atoms with E-state index in [4.69, 9.17) is 0 Å². The highest BCUT2D eigenvalue weighted by molar-refractivity contribution is 7.99. The lowest BCUT2D eigenvalue weighted by Gasteiger charge is -2.20. The first kappa shape index (κ1) is 21.8. The number of rotatable bonds is 8. The summed E-state index contributed by atoms with van der Waals surface area (Å²) in [6.45, 7) is 3.20. The summed E-state index contributed by atoms with van der Waals surface area (Å²) in [6.07, 6.45) is 5.74. The van der Waals surface area contributed by atoms with Gasteiger partial charge in [-0.05, 0) is 43.5 Å². The molecule has 10 heteroatoms. The fourth-order valence-corrected chi connectivity index (χ4v) is 5.29. The summed E-state index contributed by atoms with van der Waals surface area (Å²) < 4.78 is 27.2. The molecule has 0 aliphatic carbocycles. The van der Waals surface area contributed by atoms with Gasteiger partial charge in [0.25, 0.3) is 0 Å². The molecule has 1 aromatic heterocycles. The molecule has 0 spiro atoms. The number of nitrogens with one attached hydrogen (secondary N) is 2. The molecule has 0 saturated carbocycles. The van der Waals surface area contributed by atoms with Crippen LogP contribution in [0.25, 0.3) is 0 Å². The van der Waals surface area contributed by atoms with Crippen molar-refractivity contribution in [1.29, 1.82) is 0 Å². The number of amides is 1. The number of hydrogen-bond acceptors (Lipinski definition) is 6. The maximum absolute atomic E-state index is 12.8. The first-order valence-electron chi connectivity index (χ1n) is 9.93. The van der Waals surface area contributed by atoms with E-state index in [1.54, 1.807) is 28.6 Å². The standard InChI is InChI=1S/C19H27N5O3S2/c1-2-7-17-21-19(23-22-17)28-14-18(25)20-15-8-10-16(11-9-15)29(26,27)24-12-5-3-4-6-13-24/h8-11H,2-7,12-14H2,1H3,(H,20,25)(H,21,22,23). The Morgan fingerprint density at radius 3 is 2.52 bits per heavy atom. The molecule has 0 unspecified atom stereocenters. The van der Waals surface area contributed by atoms with E-state index in [0.717, 1.165) is 44.3 Å². The van der Waals surface area contributed by atoms with E-state index in [9.17, 15) is 13.2 Å². The van der Waals surface area contributed by atoms with Crippen LogP contribution in [0.15, 0.2) is 34.3 Å². The molecule has 1 fully saturated rings. The zero-order valence-electron chi connectivity index (χ0n) is 16.6. The average molecular weight is 438 g/mol. The van der Waals surface area contributed by atoms with Gasteiger partial charge in [0.1, 0.15) is 5.82 Å². The molecule has 1 amide bonds. The van der Waals surface area contributed by atoms with Crippen LogP contribution in [0.3, 0.4) is 0 Å². The highest BCUT2D eigenvalue weighted by Gasteiger charge is 2.25. The molecule has 1 saturated heterocycles. The Bertz CT molecular complexity index is 904. The minimum absolute atomic E-state index is 0.178. The maximum Gasteiger partial charge on any atom is 0.243 e. The lowest BCUT2D eigenvalue weighted by molar-refractivity contribution is -0.113. The van der Waals surface area contributed by atoms with Gasteiger partial charge in [0, 0.05) is 25.2 Å². The Balaban J connectivity index is 1.54. The summed E-state index contributed by atoms with van der Waals surface area (Å²) >= 11 is 1.25. The molecule has 29 heavy (non-hydrogen) atoms. The predicted molar refractivity (Wildman–Crippen MR) is 113 cm³/mol. The highest BCUT2D eigenvalue weighted by atomic mass is 32.2. The summed E-state index contributed by atoms with van der Waals surface area (Å²) in [7, 11) is -3.48. The first-order chi connectivity index (χ1) is 14.0. The minimum atomic E-state index is -3.48. The molecule has 158 valence electrons. The van der Waals surface area contributed by atoms with Gasteiger partial charge in [0.2, 0.25) is 21.1 Å². The lowest BCUT2D eigenvalue weighted by atomic mass is 10.2. The van der Waals surface area contributed by atoms with Gasteiger partial charge in [-0.15, -0.1) is 5.10 Å². The van der Waals surface area contributed by atoms with Crippen molar-refractivity contribution in [3.63, 3.8) is 0 Å². The third-order valence-corrected chi connectivity index (χ3v) is 7.43. The summed E-state index contributed by atoms with van der Waals surface area (Å²) in [4.78, 5) is 16.7. The Kier molecular flexibility index (Phi) is 7.68. The molecule has 8 nitrogen and oxygen atoms in total. The van der Waals surface area contributed by atoms with E-state index in [0.29, 0.717) is 23.9 Å². The van der Waals surface area contributed by atoms with Crippen molar-refractivity contribution in [2.24, 2.45) is 0 Å². The first-order valence-corrected chi connectivity index (χ1v) is 12.4. The van der Waals surface area contributed by atoms with Gasteiger partial charge in [-0.25, -0.2) is 13.4 Å². The second-order valence-corrected chi connectivity index (χ2v) is 9.87. The molecule has 3 rings (SSSR count). The van der Waals surface area contributed by atoms with Crippen LogP contribution >= 0.6 is 11.8 Å². The molecular formula is C19H27N5O3S2. The minimum Gasteiger partial charge on any atom is -0.325 e. The fraction of sp³-hybridized carbons (Fsp3) is 0.526. The molecule has 2 aromatic rings. The molecule has 0 radical (unpaired) electrons. The Hall–Kier alpha value is -1.91. The third kappa shape index (κ3) is 6.03. The number of benzene rings is 1. The second-order valence-electron chi connectivity index (χ2n) is 6.99. The zero-order valence-corrected chi connectivity index (χ0v) is 18.2. The Morgan fingerprint density at radius 2 is 1.86 bits per heavy atom. The van der Waals surface area contributed by atoms with E-state index < -0.39 is 10.0 Å². The van der Waals surface area contributed by atoms with Crippen molar-refractivity contribution < 1.29 is 13.2 Å². The van der Waals surface area contributed by atoms with Crippen molar-refractivity contribution in [3.8, 4) is 0 Å². The number of carbonyl (C=O) groups excluding carboxylic acids is 1. The normalized spacial score (nSPS) is 15.8. The Morgan fingerprint density at radius 1 is 1.17 bits per heavy atom. The van der Waals surface area contributed by atoms with Crippen LogP contribution in [0.4, 0.5) is 5.69 Å². The van der Waals surface area contributed by atoms with Crippen LogP contribution in [0.5, 0.6) is 0 Å². The van der Waals surface area contributed by atoms with Gasteiger partial charge >= 0.3 is 0 Å². The smallest absolute Gasteiger partial charge is 0.243 e. The van der Waals surface area contributed by atoms with Crippen molar-refractivity contribution in [3.05, 3.63) is 30.1 Å². The molecule has 1 aromatic carbocycles. The van der Waals surface area contributed by atoms with Crippen LogP contribution in [-0.2, 0) is 21.2 Å². The Labute approximate surface area is 175 Å². The lowest BCUT2D eigenvalue weighted by Crippen LogP contribution is -2.31. The van der Waals surface area contributed by atoms with Crippen LogP contribution in [-0.4, -0.2) is 52.7 Å². The average Bonchev–Trinajstić information content (AvgIpc) is 2.97. The number of hydrogen-bond donors (Lipinski definition) is 2. The van der Waals surface area contributed by atoms with Gasteiger partial charge in [-0.2, -0.15) is 4.31 Å². The van der Waals surface area contributed by atoms with E-state index in [1.807, 2.05) is 0 Å². The number of sulfonamides is 1. The molecule has 0 bridgehead atoms. The highest BCUT2D eigenvalue weighted by Crippen LogP contribution is 2.22. The van der Waals surface area contributed by atoms with Crippen LogP contribution in [0.1, 0.15) is 44.9 Å². The summed E-state index contributed by atoms with van der Waals surface area (Å²) in [6, 6.07) is 6.35. The fourth-order valence-electron chi connectivity index (χ4n) is 3.16. The van der Waals surface area contributed by atoms with Crippen LogP contribution in [0.2, 0.25) is 0 Å². The SMILES string of the molecule is CCCc1nc(SCC(=O)Nc2ccc(S(=O)(=O)N3CCCCCC3)cc2)n[nH]1. The molecule has 1 aliphatic heterocycles. The van der Waals surface area contributed by atoms with Crippen molar-refractivity contribution in [2.75, 3.05) is 24.2 Å². The van der Waals surface area contributed by atoms with Crippen LogP contribution in [0, 0.1) is 0 Å².